The smallest absolute Gasteiger partial charge is 0.300 e. The van der Waals surface area contributed by atoms with Crippen LogP contribution in [0.15, 0.2) is 72.3 Å². The van der Waals surface area contributed by atoms with E-state index in [1.54, 1.807) is 36.4 Å². The van der Waals surface area contributed by atoms with Crippen LogP contribution in [0.25, 0.3) is 5.76 Å². The monoisotopic (exact) mass is 433 g/mol. The molecule has 0 aliphatic carbocycles. The summed E-state index contributed by atoms with van der Waals surface area (Å²) in [7, 11) is 0. The Morgan fingerprint density at radius 1 is 0.935 bits per heavy atom. The van der Waals surface area contributed by atoms with Gasteiger partial charge in [-0.05, 0) is 49.2 Å². The molecule has 156 valence electrons. The fourth-order valence-electron chi connectivity index (χ4n) is 3.85. The number of Topliss-reactive ketones (excluding diaryl/α,β-unsaturated/α-hetero) is 1. The molecule has 1 saturated heterocycles. The number of aliphatic hydroxyl groups excluding tert-OH is 1. The zero-order valence-corrected chi connectivity index (χ0v) is 17.7. The van der Waals surface area contributed by atoms with E-state index >= 15 is 0 Å². The molecular weight excluding hydrogens is 414 g/mol. The summed E-state index contributed by atoms with van der Waals surface area (Å²) in [6, 6.07) is 17.7. The molecule has 0 bridgehead atoms. The minimum Gasteiger partial charge on any atom is -0.507 e. The maximum atomic E-state index is 13.1. The largest absolute Gasteiger partial charge is 0.507 e. The zero-order valence-electron chi connectivity index (χ0n) is 17.0. The Kier molecular flexibility index (Phi) is 5.29. The summed E-state index contributed by atoms with van der Waals surface area (Å²) < 4.78 is 0. The summed E-state index contributed by atoms with van der Waals surface area (Å²) in [6.45, 7) is 3.73. The third kappa shape index (κ3) is 3.68. The molecule has 5 nitrogen and oxygen atoms in total. The van der Waals surface area contributed by atoms with Crippen LogP contribution in [0.2, 0.25) is 5.02 Å². The van der Waals surface area contributed by atoms with E-state index in [0.29, 0.717) is 16.1 Å². The molecule has 1 heterocycles. The van der Waals surface area contributed by atoms with Crippen LogP contribution in [0, 0.1) is 13.8 Å². The van der Waals surface area contributed by atoms with Crippen molar-refractivity contribution >= 4 is 34.7 Å². The van der Waals surface area contributed by atoms with Crippen molar-refractivity contribution in [2.45, 2.75) is 19.9 Å². The van der Waals surface area contributed by atoms with Crippen molar-refractivity contribution in [1.29, 1.82) is 0 Å². The van der Waals surface area contributed by atoms with E-state index in [1.807, 2.05) is 32.0 Å². The third-order valence-electron chi connectivity index (χ3n) is 5.29. The first kappa shape index (κ1) is 20.7. The third-order valence-corrected chi connectivity index (χ3v) is 5.53. The molecule has 3 aromatic rings. The highest BCUT2D eigenvalue weighted by Gasteiger charge is 2.47. The van der Waals surface area contributed by atoms with Crippen LogP contribution in [-0.2, 0) is 9.59 Å². The first-order valence-corrected chi connectivity index (χ1v) is 10.1. The van der Waals surface area contributed by atoms with Crippen molar-refractivity contribution in [2.24, 2.45) is 0 Å². The summed E-state index contributed by atoms with van der Waals surface area (Å²) in [4.78, 5) is 27.5. The topological polar surface area (TPSA) is 77.8 Å². The number of aromatic hydroxyl groups is 1. The predicted molar refractivity (Wildman–Crippen MR) is 120 cm³/mol. The van der Waals surface area contributed by atoms with Crippen molar-refractivity contribution in [1.82, 2.24) is 0 Å². The molecule has 0 saturated carbocycles. The minimum atomic E-state index is -0.911. The summed E-state index contributed by atoms with van der Waals surface area (Å²) in [5, 5.41) is 22.0. The molecule has 1 aliphatic heterocycles. The van der Waals surface area contributed by atoms with Crippen LogP contribution in [-0.4, -0.2) is 21.9 Å². The average Bonchev–Trinajstić information content (AvgIpc) is 3.00. The Bertz CT molecular complexity index is 1250. The van der Waals surface area contributed by atoms with Gasteiger partial charge in [0.1, 0.15) is 11.5 Å². The van der Waals surface area contributed by atoms with Gasteiger partial charge < -0.3 is 10.2 Å². The first-order valence-electron chi connectivity index (χ1n) is 9.71. The molecular formula is C25H20ClNO4. The quantitative estimate of drug-likeness (QED) is 0.334. The van der Waals surface area contributed by atoms with E-state index in [4.69, 9.17) is 11.6 Å². The molecule has 0 aromatic heterocycles. The lowest BCUT2D eigenvalue weighted by Crippen LogP contribution is -2.29. The van der Waals surface area contributed by atoms with Crippen LogP contribution in [0.5, 0.6) is 5.75 Å². The number of hydrogen-bond donors (Lipinski definition) is 2. The van der Waals surface area contributed by atoms with Crippen LogP contribution >= 0.6 is 11.6 Å². The summed E-state index contributed by atoms with van der Waals surface area (Å²) in [5.41, 5.74) is 2.87. The van der Waals surface area contributed by atoms with Crippen LogP contribution < -0.4 is 4.90 Å². The van der Waals surface area contributed by atoms with Gasteiger partial charge in [-0.15, -0.1) is 0 Å². The lowest BCUT2D eigenvalue weighted by atomic mass is 9.94. The average molecular weight is 434 g/mol. The summed E-state index contributed by atoms with van der Waals surface area (Å²) in [6.07, 6.45) is 0. The molecule has 1 fully saturated rings. The molecule has 2 N–H and O–H groups in total. The van der Waals surface area contributed by atoms with Crippen LogP contribution in [0.3, 0.4) is 0 Å². The van der Waals surface area contributed by atoms with E-state index in [0.717, 1.165) is 11.1 Å². The van der Waals surface area contributed by atoms with Gasteiger partial charge in [-0.3, -0.25) is 14.5 Å². The number of aliphatic hydroxyl groups is 1. The lowest BCUT2D eigenvalue weighted by Gasteiger charge is -2.26. The van der Waals surface area contributed by atoms with E-state index in [9.17, 15) is 19.8 Å². The number of halogens is 1. The van der Waals surface area contributed by atoms with E-state index < -0.39 is 17.7 Å². The normalized spacial score (nSPS) is 17.9. The van der Waals surface area contributed by atoms with Gasteiger partial charge in [0, 0.05) is 10.6 Å². The van der Waals surface area contributed by atoms with Gasteiger partial charge in [0.2, 0.25) is 0 Å². The number of hydrogen-bond acceptors (Lipinski definition) is 4. The van der Waals surface area contributed by atoms with Crippen LogP contribution in [0.4, 0.5) is 5.69 Å². The molecule has 6 heteroatoms. The Balaban J connectivity index is 2.00. The number of amides is 1. The van der Waals surface area contributed by atoms with Gasteiger partial charge in [-0.1, -0.05) is 59.6 Å². The van der Waals surface area contributed by atoms with Crippen molar-refractivity contribution < 1.29 is 19.8 Å². The Hall–Kier alpha value is -3.57. The standard InChI is InChI=1S/C25H20ClNO4/c1-14-5-3-6-16(11-14)22-21(23(29)17-7-4-8-18(26)13-17)24(30)25(31)27(22)19-12-15(2)9-10-20(19)28/h3-13,22,28-29H,1-2H3/b23-21+. The summed E-state index contributed by atoms with van der Waals surface area (Å²) >= 11 is 6.07. The first-order chi connectivity index (χ1) is 14.8. The molecule has 3 aromatic carbocycles. The maximum Gasteiger partial charge on any atom is 0.300 e. The van der Waals surface area contributed by atoms with Crippen molar-refractivity contribution in [2.75, 3.05) is 4.90 Å². The highest BCUT2D eigenvalue weighted by atomic mass is 35.5. The van der Waals surface area contributed by atoms with E-state index in [2.05, 4.69) is 0 Å². The molecule has 0 radical (unpaired) electrons. The number of carbonyl (C=O) groups excluding carboxylic acids is 2. The second kappa shape index (κ2) is 7.93. The number of carbonyl (C=O) groups is 2. The molecule has 31 heavy (non-hydrogen) atoms. The molecule has 4 rings (SSSR count). The lowest BCUT2D eigenvalue weighted by molar-refractivity contribution is -0.132. The van der Waals surface area contributed by atoms with Gasteiger partial charge in [-0.25, -0.2) is 0 Å². The van der Waals surface area contributed by atoms with Crippen molar-refractivity contribution in [3.8, 4) is 5.75 Å². The van der Waals surface area contributed by atoms with Gasteiger partial charge in [0.25, 0.3) is 11.7 Å². The number of ketones is 1. The molecule has 1 unspecified atom stereocenters. The minimum absolute atomic E-state index is 0.0567. The molecule has 1 aliphatic rings. The number of anilines is 1. The second-order valence-electron chi connectivity index (χ2n) is 7.59. The Morgan fingerprint density at radius 2 is 1.65 bits per heavy atom. The fraction of sp³-hybridized carbons (Fsp3) is 0.120. The van der Waals surface area contributed by atoms with Gasteiger partial charge in [0.15, 0.2) is 0 Å². The summed E-state index contributed by atoms with van der Waals surface area (Å²) in [5.74, 6) is -2.10. The highest BCUT2D eigenvalue weighted by molar-refractivity contribution is 6.52. The predicted octanol–water partition coefficient (Wildman–Crippen LogP) is 5.29. The van der Waals surface area contributed by atoms with Crippen LogP contribution in [0.1, 0.15) is 28.3 Å². The number of nitrogens with zero attached hydrogens (tertiary/aromatic N) is 1. The maximum absolute atomic E-state index is 13.1. The number of phenols is 1. The number of rotatable bonds is 3. The van der Waals surface area contributed by atoms with E-state index in [-0.39, 0.29) is 22.8 Å². The molecule has 0 spiro atoms. The SMILES string of the molecule is Cc1cccc(C2/C(=C(\O)c3cccc(Cl)c3)C(=O)C(=O)N2c2cc(C)ccc2O)c1. The van der Waals surface area contributed by atoms with Gasteiger partial charge in [0.05, 0.1) is 17.3 Å². The van der Waals surface area contributed by atoms with Crippen molar-refractivity contribution in [3.63, 3.8) is 0 Å². The number of phenolic OH excluding ortho intramolecular Hbond substituents is 1. The van der Waals surface area contributed by atoms with Crippen molar-refractivity contribution in [3.05, 3.63) is 99.6 Å². The van der Waals surface area contributed by atoms with Gasteiger partial charge in [-0.2, -0.15) is 0 Å². The second-order valence-corrected chi connectivity index (χ2v) is 8.02. The number of benzene rings is 3. The number of aryl methyl sites for hydroxylation is 2. The molecule has 1 amide bonds. The fourth-order valence-corrected chi connectivity index (χ4v) is 4.04. The van der Waals surface area contributed by atoms with E-state index in [1.165, 1.54) is 17.0 Å². The highest BCUT2D eigenvalue weighted by Crippen LogP contribution is 2.45. The Morgan fingerprint density at radius 3 is 2.35 bits per heavy atom. The Labute approximate surface area is 184 Å². The zero-order chi connectivity index (χ0) is 22.3. The van der Waals surface area contributed by atoms with Gasteiger partial charge >= 0.3 is 0 Å². The molecule has 1 atom stereocenters.